The van der Waals surface area contributed by atoms with E-state index < -0.39 is 0 Å². The number of aryl methyl sites for hydroxylation is 1. The van der Waals surface area contributed by atoms with Crippen molar-refractivity contribution >= 4 is 16.9 Å². The molecule has 2 N–H and O–H groups in total. The van der Waals surface area contributed by atoms with Gasteiger partial charge in [0.25, 0.3) is 0 Å². The summed E-state index contributed by atoms with van der Waals surface area (Å²) in [7, 11) is 0. The number of rotatable bonds is 4. The Morgan fingerprint density at radius 1 is 1.27 bits per heavy atom. The van der Waals surface area contributed by atoms with Gasteiger partial charge < -0.3 is 10.3 Å². The van der Waals surface area contributed by atoms with Crippen molar-refractivity contribution in [2.75, 3.05) is 11.9 Å². The number of aromatic nitrogens is 3. The summed E-state index contributed by atoms with van der Waals surface area (Å²) in [6, 6.07) is 10.1. The highest BCUT2D eigenvalue weighted by molar-refractivity contribution is 5.74. The van der Waals surface area contributed by atoms with Gasteiger partial charge in [0.05, 0.1) is 16.6 Å². The summed E-state index contributed by atoms with van der Waals surface area (Å²) in [4.78, 5) is 11.8. The second kappa shape index (κ2) is 5.82. The molecular formula is C16H14FN5. The molecule has 1 aromatic carbocycles. The number of nitriles is 1. The quantitative estimate of drug-likeness (QED) is 0.775. The molecule has 0 aliphatic carbocycles. The smallest absolute Gasteiger partial charge is 0.144 e. The van der Waals surface area contributed by atoms with Crippen LogP contribution in [0.15, 0.2) is 30.3 Å². The first-order valence-electron chi connectivity index (χ1n) is 6.91. The van der Waals surface area contributed by atoms with Gasteiger partial charge >= 0.3 is 0 Å². The molecule has 0 bridgehead atoms. The molecule has 0 radical (unpaired) electrons. The summed E-state index contributed by atoms with van der Waals surface area (Å²) >= 11 is 0. The average Bonchev–Trinajstić information content (AvgIpc) is 2.89. The van der Waals surface area contributed by atoms with Crippen molar-refractivity contribution in [2.24, 2.45) is 0 Å². The van der Waals surface area contributed by atoms with Crippen LogP contribution in [-0.2, 0) is 6.42 Å². The maximum Gasteiger partial charge on any atom is 0.144 e. The lowest BCUT2D eigenvalue weighted by molar-refractivity contribution is 0.629. The van der Waals surface area contributed by atoms with Crippen LogP contribution in [0.3, 0.4) is 0 Å². The molecule has 0 aliphatic heterocycles. The minimum Gasteiger partial charge on any atom is -0.369 e. The second-order valence-corrected chi connectivity index (χ2v) is 4.98. The number of aromatic amines is 1. The summed E-state index contributed by atoms with van der Waals surface area (Å²) < 4.78 is 13.1. The lowest BCUT2D eigenvalue weighted by atomic mass is 10.2. The van der Waals surface area contributed by atoms with Crippen LogP contribution in [-0.4, -0.2) is 21.5 Å². The van der Waals surface area contributed by atoms with Crippen molar-refractivity contribution in [3.63, 3.8) is 0 Å². The fourth-order valence-electron chi connectivity index (χ4n) is 2.23. The molecule has 0 aliphatic rings. The second-order valence-electron chi connectivity index (χ2n) is 4.98. The molecule has 0 amide bonds. The fraction of sp³-hybridized carbons (Fsp3) is 0.188. The number of pyridine rings is 1. The monoisotopic (exact) mass is 295 g/mol. The average molecular weight is 295 g/mol. The molecule has 6 heteroatoms. The molecule has 0 atom stereocenters. The number of imidazole rings is 1. The van der Waals surface area contributed by atoms with E-state index in [1.807, 2.05) is 6.92 Å². The van der Waals surface area contributed by atoms with Crippen LogP contribution in [0.1, 0.15) is 17.1 Å². The fourth-order valence-corrected chi connectivity index (χ4v) is 2.23. The molecule has 3 rings (SSSR count). The number of hydrogen-bond acceptors (Lipinski definition) is 4. The highest BCUT2D eigenvalue weighted by Gasteiger charge is 2.06. The Balaban J connectivity index is 1.70. The standard InChI is InChI=1S/C16H14FN5/c1-10-2-3-11(9-18)16(20-10)19-7-6-15-21-13-5-4-12(17)8-14(13)22-15/h2-5,8H,6-7H2,1H3,(H,19,20)(H,21,22). The Bertz CT molecular complexity index is 863. The zero-order valence-corrected chi connectivity index (χ0v) is 12.0. The lowest BCUT2D eigenvalue weighted by Gasteiger charge is -2.06. The number of nitrogens with one attached hydrogen (secondary N) is 2. The van der Waals surface area contributed by atoms with E-state index in [4.69, 9.17) is 5.26 Å². The largest absolute Gasteiger partial charge is 0.369 e. The van der Waals surface area contributed by atoms with Gasteiger partial charge in [-0.1, -0.05) is 0 Å². The van der Waals surface area contributed by atoms with Gasteiger partial charge in [0.2, 0.25) is 0 Å². The van der Waals surface area contributed by atoms with Crippen molar-refractivity contribution in [1.82, 2.24) is 15.0 Å². The van der Waals surface area contributed by atoms with E-state index >= 15 is 0 Å². The lowest BCUT2D eigenvalue weighted by Crippen LogP contribution is -2.09. The van der Waals surface area contributed by atoms with Crippen molar-refractivity contribution in [2.45, 2.75) is 13.3 Å². The van der Waals surface area contributed by atoms with Gasteiger partial charge in [-0.05, 0) is 37.3 Å². The van der Waals surface area contributed by atoms with E-state index in [9.17, 15) is 4.39 Å². The first-order valence-corrected chi connectivity index (χ1v) is 6.91. The van der Waals surface area contributed by atoms with Gasteiger partial charge in [0, 0.05) is 18.7 Å². The Hall–Kier alpha value is -2.94. The van der Waals surface area contributed by atoms with Crippen LogP contribution in [0.2, 0.25) is 0 Å². The van der Waals surface area contributed by atoms with E-state index in [0.29, 0.717) is 29.9 Å². The van der Waals surface area contributed by atoms with Crippen LogP contribution in [0, 0.1) is 24.1 Å². The van der Waals surface area contributed by atoms with E-state index in [1.165, 1.54) is 12.1 Å². The molecule has 3 aromatic rings. The highest BCUT2D eigenvalue weighted by atomic mass is 19.1. The summed E-state index contributed by atoms with van der Waals surface area (Å²) in [5.41, 5.74) is 2.78. The van der Waals surface area contributed by atoms with Crippen molar-refractivity contribution in [3.05, 3.63) is 53.2 Å². The number of fused-ring (bicyclic) bond motifs is 1. The minimum absolute atomic E-state index is 0.288. The Morgan fingerprint density at radius 3 is 2.95 bits per heavy atom. The number of nitrogens with zero attached hydrogens (tertiary/aromatic N) is 3. The topological polar surface area (TPSA) is 77.4 Å². The van der Waals surface area contributed by atoms with Crippen molar-refractivity contribution in [1.29, 1.82) is 5.26 Å². The summed E-state index contributed by atoms with van der Waals surface area (Å²) in [5.74, 6) is 1.05. The third-order valence-electron chi connectivity index (χ3n) is 3.30. The van der Waals surface area contributed by atoms with Crippen LogP contribution < -0.4 is 5.32 Å². The predicted octanol–water partition coefficient (Wildman–Crippen LogP) is 2.93. The molecule has 0 fully saturated rings. The van der Waals surface area contributed by atoms with Crippen LogP contribution in [0.25, 0.3) is 11.0 Å². The SMILES string of the molecule is Cc1ccc(C#N)c(NCCc2nc3ccc(F)cc3[nH]2)n1. The van der Waals surface area contributed by atoms with Gasteiger partial charge in [-0.2, -0.15) is 5.26 Å². The molecule has 5 nitrogen and oxygen atoms in total. The van der Waals surface area contributed by atoms with Crippen molar-refractivity contribution in [3.8, 4) is 6.07 Å². The minimum atomic E-state index is -0.288. The molecule has 0 spiro atoms. The molecule has 22 heavy (non-hydrogen) atoms. The predicted molar refractivity (Wildman–Crippen MR) is 81.9 cm³/mol. The third-order valence-corrected chi connectivity index (χ3v) is 3.30. The summed E-state index contributed by atoms with van der Waals surface area (Å²) in [6.07, 6.45) is 0.622. The normalized spacial score (nSPS) is 10.6. The number of benzene rings is 1. The van der Waals surface area contributed by atoms with Gasteiger partial charge in [-0.3, -0.25) is 0 Å². The van der Waals surface area contributed by atoms with Gasteiger partial charge in [0.15, 0.2) is 0 Å². The molecule has 2 heterocycles. The van der Waals surface area contributed by atoms with Crippen LogP contribution in [0.5, 0.6) is 0 Å². The van der Waals surface area contributed by atoms with Crippen LogP contribution in [0.4, 0.5) is 10.2 Å². The maximum absolute atomic E-state index is 13.1. The van der Waals surface area contributed by atoms with E-state index in [1.54, 1.807) is 18.2 Å². The number of anilines is 1. The zero-order chi connectivity index (χ0) is 15.5. The van der Waals surface area contributed by atoms with E-state index in [-0.39, 0.29) is 5.82 Å². The molecule has 0 saturated heterocycles. The van der Waals surface area contributed by atoms with Crippen molar-refractivity contribution < 1.29 is 4.39 Å². The summed E-state index contributed by atoms with van der Waals surface area (Å²) in [6.45, 7) is 2.45. The van der Waals surface area contributed by atoms with Gasteiger partial charge in [0.1, 0.15) is 23.5 Å². The first kappa shape index (κ1) is 14.0. The Morgan fingerprint density at radius 2 is 2.14 bits per heavy atom. The molecule has 110 valence electrons. The third kappa shape index (κ3) is 2.88. The Kier molecular flexibility index (Phi) is 3.71. The molecular weight excluding hydrogens is 281 g/mol. The number of halogens is 1. The zero-order valence-electron chi connectivity index (χ0n) is 12.0. The van der Waals surface area contributed by atoms with Gasteiger partial charge in [-0.15, -0.1) is 0 Å². The molecule has 2 aromatic heterocycles. The van der Waals surface area contributed by atoms with Crippen LogP contribution >= 0.6 is 0 Å². The maximum atomic E-state index is 13.1. The highest BCUT2D eigenvalue weighted by Crippen LogP contribution is 2.14. The molecule has 0 saturated carbocycles. The van der Waals surface area contributed by atoms with E-state index in [2.05, 4.69) is 26.3 Å². The number of H-pyrrole nitrogens is 1. The van der Waals surface area contributed by atoms with Gasteiger partial charge in [-0.25, -0.2) is 14.4 Å². The summed E-state index contributed by atoms with van der Waals surface area (Å²) in [5, 5.41) is 12.2. The first-order chi connectivity index (χ1) is 10.7. The van der Waals surface area contributed by atoms with E-state index in [0.717, 1.165) is 17.0 Å². The number of hydrogen-bond donors (Lipinski definition) is 2. The Labute approximate surface area is 126 Å². The molecule has 0 unspecified atom stereocenters.